The van der Waals surface area contributed by atoms with Crippen molar-refractivity contribution in [3.05, 3.63) is 0 Å². The van der Waals surface area contributed by atoms with E-state index in [0.717, 1.165) is 0 Å². The molecule has 58 valence electrons. The molecule has 0 aliphatic heterocycles. The van der Waals surface area contributed by atoms with E-state index < -0.39 is 10.8 Å². The summed E-state index contributed by atoms with van der Waals surface area (Å²) in [4.78, 5) is 0. The summed E-state index contributed by atoms with van der Waals surface area (Å²) in [5, 5.41) is 0. The molecule has 0 bridgehead atoms. The minimum absolute atomic E-state index is 0.445. The largest absolute Gasteiger partial charge is 0.329 e. The highest BCUT2D eigenvalue weighted by molar-refractivity contribution is 8.21. The first kappa shape index (κ1) is 9.19. The minimum Gasteiger partial charge on any atom is -0.329 e. The minimum atomic E-state index is -2.51. The van der Waals surface area contributed by atoms with E-state index in [-0.39, 0.29) is 0 Å². The maximum Gasteiger partial charge on any atom is 0.0418 e. The van der Waals surface area contributed by atoms with Gasteiger partial charge in [-0.3, -0.25) is 9.11 Å². The van der Waals surface area contributed by atoms with Crippen molar-refractivity contribution in [2.24, 2.45) is 5.73 Å². The van der Waals surface area contributed by atoms with E-state index in [2.05, 4.69) is 0 Å². The molecule has 0 unspecified atom stereocenters. The van der Waals surface area contributed by atoms with Gasteiger partial charge in [-0.1, -0.05) is 0 Å². The molecular formula is C4H14N2O2S. The van der Waals surface area contributed by atoms with Gasteiger partial charge in [0.2, 0.25) is 0 Å². The van der Waals surface area contributed by atoms with Crippen molar-refractivity contribution in [2.45, 2.75) is 0 Å². The molecule has 0 aliphatic carbocycles. The second-order valence-corrected chi connectivity index (χ2v) is 4.14. The number of likely N-dealkylation sites (N-methyl/N-ethyl adjacent to an activating group) is 1. The molecule has 0 aromatic carbocycles. The highest BCUT2D eigenvalue weighted by Gasteiger charge is 2.09. The topological polar surface area (TPSA) is 69.7 Å². The van der Waals surface area contributed by atoms with E-state index >= 15 is 0 Å². The van der Waals surface area contributed by atoms with Crippen LogP contribution in [0.2, 0.25) is 0 Å². The van der Waals surface area contributed by atoms with Gasteiger partial charge in [0.15, 0.2) is 0 Å². The van der Waals surface area contributed by atoms with Crippen molar-refractivity contribution in [1.82, 2.24) is 4.31 Å². The molecule has 0 saturated heterocycles. The number of rotatable bonds is 3. The van der Waals surface area contributed by atoms with Crippen LogP contribution in [0.5, 0.6) is 0 Å². The highest BCUT2D eigenvalue weighted by atomic mass is 32.3. The molecule has 0 aliphatic rings. The Bertz CT molecular complexity index is 83.1. The monoisotopic (exact) mass is 154 g/mol. The molecule has 0 radical (unpaired) electrons. The van der Waals surface area contributed by atoms with Crippen molar-refractivity contribution in [1.29, 1.82) is 0 Å². The first-order valence-corrected chi connectivity index (χ1v) is 4.54. The van der Waals surface area contributed by atoms with E-state index in [9.17, 15) is 0 Å². The van der Waals surface area contributed by atoms with Gasteiger partial charge in [0.05, 0.1) is 0 Å². The molecule has 0 amide bonds. The molecule has 5 heteroatoms. The molecule has 9 heavy (non-hydrogen) atoms. The Balaban J connectivity index is 3.59. The Labute approximate surface area is 57.1 Å². The molecule has 0 aromatic heterocycles. The second-order valence-electron chi connectivity index (χ2n) is 1.93. The van der Waals surface area contributed by atoms with E-state index in [0.29, 0.717) is 13.1 Å². The SMILES string of the molecule is CN(CCN)S(C)(O)O. The summed E-state index contributed by atoms with van der Waals surface area (Å²) in [6.07, 6.45) is 1.38. The molecule has 0 aromatic rings. The first-order valence-electron chi connectivity index (χ1n) is 2.63. The number of nitrogens with two attached hydrogens (primary N) is 1. The Morgan fingerprint density at radius 1 is 1.56 bits per heavy atom. The van der Waals surface area contributed by atoms with Gasteiger partial charge in [-0.15, -0.1) is 10.8 Å². The van der Waals surface area contributed by atoms with E-state index in [1.807, 2.05) is 0 Å². The van der Waals surface area contributed by atoms with Gasteiger partial charge in [0, 0.05) is 26.4 Å². The molecule has 0 rings (SSSR count). The molecule has 4 nitrogen and oxygen atoms in total. The summed E-state index contributed by atoms with van der Waals surface area (Å²) in [6, 6.07) is 0. The van der Waals surface area contributed by atoms with E-state index in [1.54, 1.807) is 7.05 Å². The van der Waals surface area contributed by atoms with Crippen molar-refractivity contribution in [2.75, 3.05) is 26.4 Å². The average molecular weight is 154 g/mol. The summed E-state index contributed by atoms with van der Waals surface area (Å²) in [5.74, 6) is 0. The third-order valence-corrected chi connectivity index (χ3v) is 2.40. The average Bonchev–Trinajstić information content (AvgIpc) is 1.64. The third-order valence-electron chi connectivity index (χ3n) is 1.03. The van der Waals surface area contributed by atoms with Crippen molar-refractivity contribution in [3.63, 3.8) is 0 Å². The van der Waals surface area contributed by atoms with Crippen LogP contribution in [0.1, 0.15) is 0 Å². The smallest absolute Gasteiger partial charge is 0.0418 e. The maximum atomic E-state index is 8.93. The molecule has 0 heterocycles. The predicted octanol–water partition coefficient (Wildman–Crippen LogP) is 0.172. The van der Waals surface area contributed by atoms with Crippen molar-refractivity contribution in [3.8, 4) is 0 Å². The third kappa shape index (κ3) is 3.72. The molecule has 0 saturated carbocycles. The number of hydrogen-bond acceptors (Lipinski definition) is 4. The van der Waals surface area contributed by atoms with Crippen LogP contribution >= 0.6 is 10.8 Å². The van der Waals surface area contributed by atoms with Crippen LogP contribution in [-0.4, -0.2) is 39.8 Å². The molecule has 0 fully saturated rings. The summed E-state index contributed by atoms with van der Waals surface area (Å²) < 4.78 is 19.3. The fraction of sp³-hybridized carbons (Fsp3) is 1.00. The van der Waals surface area contributed by atoms with Gasteiger partial charge >= 0.3 is 0 Å². The van der Waals surface area contributed by atoms with Crippen LogP contribution in [0.3, 0.4) is 0 Å². The lowest BCUT2D eigenvalue weighted by Crippen LogP contribution is -2.27. The fourth-order valence-corrected chi connectivity index (χ4v) is 0.806. The maximum absolute atomic E-state index is 8.93. The van der Waals surface area contributed by atoms with Crippen molar-refractivity contribution < 1.29 is 9.11 Å². The standard InChI is InChI=1S/C4H14N2O2S/c1-6(4-3-5)9(2,7)8/h7-8H,3-5H2,1-2H3. The zero-order valence-electron chi connectivity index (χ0n) is 5.74. The lowest BCUT2D eigenvalue weighted by Gasteiger charge is -2.36. The molecule has 0 spiro atoms. The van der Waals surface area contributed by atoms with Crippen LogP contribution in [0.4, 0.5) is 0 Å². The van der Waals surface area contributed by atoms with E-state index in [1.165, 1.54) is 10.6 Å². The Hall–Kier alpha value is 0.190. The Kier molecular flexibility index (Phi) is 3.45. The molecule has 4 N–H and O–H groups in total. The van der Waals surface area contributed by atoms with Gasteiger partial charge in [0.25, 0.3) is 0 Å². The normalized spacial score (nSPS) is 14.4. The number of hydrogen-bond donors (Lipinski definition) is 3. The zero-order valence-corrected chi connectivity index (χ0v) is 6.56. The summed E-state index contributed by atoms with van der Waals surface area (Å²) in [7, 11) is -0.884. The highest BCUT2D eigenvalue weighted by Crippen LogP contribution is 2.35. The molecular weight excluding hydrogens is 140 g/mol. The van der Waals surface area contributed by atoms with Crippen LogP contribution in [0, 0.1) is 0 Å². The number of nitrogens with zero attached hydrogens (tertiary/aromatic N) is 1. The van der Waals surface area contributed by atoms with Crippen molar-refractivity contribution >= 4 is 10.8 Å². The van der Waals surface area contributed by atoms with Crippen LogP contribution in [0.25, 0.3) is 0 Å². The second kappa shape index (κ2) is 3.38. The van der Waals surface area contributed by atoms with Crippen LogP contribution < -0.4 is 5.73 Å². The van der Waals surface area contributed by atoms with Gasteiger partial charge in [-0.05, 0) is 0 Å². The van der Waals surface area contributed by atoms with Gasteiger partial charge in [-0.25, -0.2) is 4.31 Å². The quantitative estimate of drug-likeness (QED) is 0.542. The summed E-state index contributed by atoms with van der Waals surface area (Å²) in [5.41, 5.74) is 5.18. The lowest BCUT2D eigenvalue weighted by molar-refractivity contribution is 0.395. The van der Waals surface area contributed by atoms with Crippen LogP contribution in [0.15, 0.2) is 0 Å². The Morgan fingerprint density at radius 2 is 2.00 bits per heavy atom. The van der Waals surface area contributed by atoms with Gasteiger partial charge < -0.3 is 5.73 Å². The lowest BCUT2D eigenvalue weighted by atomic mass is 10.7. The first-order chi connectivity index (χ1) is 3.98. The summed E-state index contributed by atoms with van der Waals surface area (Å²) in [6.45, 7) is 0.957. The van der Waals surface area contributed by atoms with Gasteiger partial charge in [0.1, 0.15) is 0 Å². The predicted molar refractivity (Wildman–Crippen MR) is 40.5 cm³/mol. The van der Waals surface area contributed by atoms with Gasteiger partial charge in [-0.2, -0.15) is 0 Å². The Morgan fingerprint density at radius 3 is 2.11 bits per heavy atom. The van der Waals surface area contributed by atoms with Crippen LogP contribution in [-0.2, 0) is 0 Å². The summed E-state index contributed by atoms with van der Waals surface area (Å²) >= 11 is 0. The fourth-order valence-electron chi connectivity index (χ4n) is 0.355. The van der Waals surface area contributed by atoms with E-state index in [4.69, 9.17) is 14.8 Å². The molecule has 0 atom stereocenters. The zero-order chi connectivity index (χ0) is 7.49.